The van der Waals surface area contributed by atoms with Gasteiger partial charge in [0.15, 0.2) is 11.5 Å². The highest BCUT2D eigenvalue weighted by Crippen LogP contribution is 2.36. The third-order valence-electron chi connectivity index (χ3n) is 5.31. The van der Waals surface area contributed by atoms with Gasteiger partial charge < -0.3 is 19.9 Å². The number of aromatic nitrogens is 2. The van der Waals surface area contributed by atoms with Crippen molar-refractivity contribution in [1.82, 2.24) is 9.55 Å². The third kappa shape index (κ3) is 3.22. The molecule has 0 spiro atoms. The molecule has 1 atom stereocenters. The maximum Gasteiger partial charge on any atom is 0.335 e. The van der Waals surface area contributed by atoms with E-state index in [1.54, 1.807) is 13.2 Å². The smallest absolute Gasteiger partial charge is 0.335 e. The zero-order chi connectivity index (χ0) is 21.4. The first kappa shape index (κ1) is 19.7. The molecule has 2 heterocycles. The molecule has 1 aliphatic heterocycles. The summed E-state index contributed by atoms with van der Waals surface area (Å²) >= 11 is 0. The van der Waals surface area contributed by atoms with E-state index in [4.69, 9.17) is 9.47 Å². The molecule has 0 bridgehead atoms. The number of H-pyrrole nitrogens is 1. The molecule has 0 fully saturated rings. The van der Waals surface area contributed by atoms with E-state index in [9.17, 15) is 19.1 Å². The molecule has 0 radical (unpaired) electrons. The third-order valence-corrected chi connectivity index (χ3v) is 5.31. The number of halogens is 1. The number of hydrogen-bond donors (Lipinski definition) is 3. The number of aromatic hydroxyl groups is 1. The first-order valence-corrected chi connectivity index (χ1v) is 9.36. The van der Waals surface area contributed by atoms with Gasteiger partial charge in [0, 0.05) is 12.0 Å². The molecule has 0 aliphatic carbocycles. The van der Waals surface area contributed by atoms with Crippen molar-refractivity contribution < 1.29 is 24.3 Å². The molecule has 4 N–H and O–H groups in total. The van der Waals surface area contributed by atoms with E-state index in [1.807, 2.05) is 11.4 Å². The maximum absolute atomic E-state index is 13.3. The zero-order valence-electron chi connectivity index (χ0n) is 16.4. The minimum atomic E-state index is -0.809. The second-order valence-electron chi connectivity index (χ2n) is 6.97. The van der Waals surface area contributed by atoms with Crippen molar-refractivity contribution in [3.05, 3.63) is 79.7 Å². The van der Waals surface area contributed by atoms with Gasteiger partial charge in [-0.3, -0.25) is 9.78 Å². The molecular formula is C21H21FN3O5+. The summed E-state index contributed by atoms with van der Waals surface area (Å²) in [7, 11) is 3.07. The lowest BCUT2D eigenvalue weighted by atomic mass is 9.90. The lowest BCUT2D eigenvalue weighted by Crippen LogP contribution is -2.87. The number of ether oxygens (including phenoxy) is 2. The van der Waals surface area contributed by atoms with Crippen LogP contribution in [0.15, 0.2) is 46.0 Å². The maximum atomic E-state index is 13.3. The van der Waals surface area contributed by atoms with Crippen LogP contribution in [0, 0.1) is 5.82 Å². The van der Waals surface area contributed by atoms with Crippen LogP contribution < -0.4 is 26.0 Å². The SMILES string of the molecule is COc1cc2c(cc1OC)[C@@H](c1c(O)n(-c3ccc(F)cc3)c(=O)[nH]c1=O)[NH2+]CC2. The van der Waals surface area contributed by atoms with Gasteiger partial charge in [-0.05, 0) is 42.0 Å². The number of nitrogens with one attached hydrogen (secondary N) is 1. The number of quaternary nitrogens is 1. The summed E-state index contributed by atoms with van der Waals surface area (Å²) in [5, 5.41) is 12.9. The molecule has 30 heavy (non-hydrogen) atoms. The van der Waals surface area contributed by atoms with E-state index in [-0.39, 0.29) is 11.3 Å². The van der Waals surface area contributed by atoms with Crippen LogP contribution in [0.1, 0.15) is 22.7 Å². The van der Waals surface area contributed by atoms with Gasteiger partial charge in [-0.1, -0.05) is 0 Å². The fourth-order valence-corrected chi connectivity index (χ4v) is 3.90. The number of fused-ring (bicyclic) bond motifs is 1. The number of rotatable bonds is 4. The second-order valence-corrected chi connectivity index (χ2v) is 6.97. The lowest BCUT2D eigenvalue weighted by molar-refractivity contribution is -0.690. The largest absolute Gasteiger partial charge is 0.494 e. The van der Waals surface area contributed by atoms with Gasteiger partial charge in [-0.2, -0.15) is 0 Å². The molecule has 0 unspecified atom stereocenters. The number of benzene rings is 2. The standard InChI is InChI=1S/C21H20FN3O5/c1-29-15-9-11-7-8-23-18(14(11)10-16(15)30-2)17-19(26)24-21(28)25(20(17)27)13-5-3-12(22)4-6-13/h3-6,9-10,18,23,27H,7-8H2,1-2H3,(H,24,26,28)/p+1/t18-/m0/s1. The summed E-state index contributed by atoms with van der Waals surface area (Å²) in [6.45, 7) is 0.668. The van der Waals surface area contributed by atoms with Gasteiger partial charge in [0.25, 0.3) is 5.56 Å². The number of methoxy groups -OCH3 is 2. The van der Waals surface area contributed by atoms with Gasteiger partial charge in [-0.15, -0.1) is 0 Å². The molecule has 0 saturated heterocycles. The number of nitrogens with two attached hydrogens (primary N) is 1. The Hall–Kier alpha value is -3.59. The van der Waals surface area contributed by atoms with E-state index < -0.39 is 29.0 Å². The van der Waals surface area contributed by atoms with Crippen molar-refractivity contribution in [2.24, 2.45) is 0 Å². The van der Waals surface area contributed by atoms with Crippen molar-refractivity contribution in [1.29, 1.82) is 0 Å². The zero-order valence-corrected chi connectivity index (χ0v) is 16.4. The molecule has 4 rings (SSSR count). The van der Waals surface area contributed by atoms with Crippen LogP contribution in [0.2, 0.25) is 0 Å². The Kier molecular flexibility index (Phi) is 5.04. The highest BCUT2D eigenvalue weighted by molar-refractivity contribution is 5.51. The van der Waals surface area contributed by atoms with E-state index in [1.165, 1.54) is 31.4 Å². The van der Waals surface area contributed by atoms with Crippen molar-refractivity contribution in [3.8, 4) is 23.1 Å². The number of nitrogens with zero attached hydrogens (tertiary/aromatic N) is 1. The Labute approximate surface area is 170 Å². The Morgan fingerprint density at radius 2 is 1.80 bits per heavy atom. The molecule has 2 aromatic carbocycles. The summed E-state index contributed by atoms with van der Waals surface area (Å²) in [5.74, 6) is 0.108. The molecule has 1 aliphatic rings. The van der Waals surface area contributed by atoms with E-state index in [2.05, 4.69) is 4.98 Å². The quantitative estimate of drug-likeness (QED) is 0.579. The summed E-state index contributed by atoms with van der Waals surface area (Å²) < 4.78 is 25.0. The molecule has 0 amide bonds. The van der Waals surface area contributed by atoms with Gasteiger partial charge in [0.05, 0.1) is 26.5 Å². The molecule has 9 heteroatoms. The van der Waals surface area contributed by atoms with Crippen LogP contribution in [-0.2, 0) is 6.42 Å². The van der Waals surface area contributed by atoms with E-state index >= 15 is 0 Å². The van der Waals surface area contributed by atoms with Crippen molar-refractivity contribution in [2.45, 2.75) is 12.5 Å². The first-order valence-electron chi connectivity index (χ1n) is 9.36. The van der Waals surface area contributed by atoms with Crippen molar-refractivity contribution in [2.75, 3.05) is 20.8 Å². The predicted molar refractivity (Wildman–Crippen MR) is 106 cm³/mol. The highest BCUT2D eigenvalue weighted by Gasteiger charge is 2.33. The lowest BCUT2D eigenvalue weighted by Gasteiger charge is -2.26. The van der Waals surface area contributed by atoms with E-state index in [0.29, 0.717) is 18.0 Å². The average molecular weight is 414 g/mol. The summed E-state index contributed by atoms with van der Waals surface area (Å²) in [6, 6.07) is 8.12. The molecule has 156 valence electrons. The molecule has 3 aromatic rings. The average Bonchev–Trinajstić information content (AvgIpc) is 2.73. The van der Waals surface area contributed by atoms with Gasteiger partial charge >= 0.3 is 5.69 Å². The van der Waals surface area contributed by atoms with Crippen LogP contribution in [0.4, 0.5) is 4.39 Å². The normalized spacial score (nSPS) is 15.5. The summed E-state index contributed by atoms with van der Waals surface area (Å²) in [5.41, 5.74) is 0.519. The monoisotopic (exact) mass is 414 g/mol. The Morgan fingerprint density at radius 1 is 1.13 bits per heavy atom. The molecule has 0 saturated carbocycles. The fraction of sp³-hybridized carbons (Fsp3) is 0.238. The van der Waals surface area contributed by atoms with Crippen LogP contribution in [0.25, 0.3) is 5.69 Å². The minimum Gasteiger partial charge on any atom is -0.494 e. The Balaban J connectivity index is 1.93. The second kappa shape index (κ2) is 7.68. The molecular weight excluding hydrogens is 393 g/mol. The Bertz CT molecular complexity index is 1220. The fourth-order valence-electron chi connectivity index (χ4n) is 3.90. The van der Waals surface area contributed by atoms with Crippen LogP contribution >= 0.6 is 0 Å². The van der Waals surface area contributed by atoms with Crippen LogP contribution in [0.3, 0.4) is 0 Å². The van der Waals surface area contributed by atoms with Gasteiger partial charge in [0.1, 0.15) is 17.4 Å². The van der Waals surface area contributed by atoms with Crippen LogP contribution in [-0.4, -0.2) is 35.4 Å². The summed E-state index contributed by atoms with van der Waals surface area (Å²) in [4.78, 5) is 27.4. The van der Waals surface area contributed by atoms with Crippen LogP contribution in [0.5, 0.6) is 17.4 Å². The van der Waals surface area contributed by atoms with Gasteiger partial charge in [-0.25, -0.2) is 13.8 Å². The highest BCUT2D eigenvalue weighted by atomic mass is 19.1. The minimum absolute atomic E-state index is 0.0343. The number of aromatic amines is 1. The Morgan fingerprint density at radius 3 is 2.47 bits per heavy atom. The van der Waals surface area contributed by atoms with E-state index in [0.717, 1.165) is 22.1 Å². The molecule has 8 nitrogen and oxygen atoms in total. The van der Waals surface area contributed by atoms with Crippen molar-refractivity contribution >= 4 is 0 Å². The predicted octanol–water partition coefficient (Wildman–Crippen LogP) is 0.597. The summed E-state index contributed by atoms with van der Waals surface area (Å²) in [6.07, 6.45) is 0.739. The number of hydrogen-bond acceptors (Lipinski definition) is 5. The topological polar surface area (TPSA) is 110 Å². The van der Waals surface area contributed by atoms with Crippen molar-refractivity contribution in [3.63, 3.8) is 0 Å². The molecule has 1 aromatic heterocycles. The van der Waals surface area contributed by atoms with Gasteiger partial charge in [0.2, 0.25) is 5.88 Å². The first-order chi connectivity index (χ1) is 14.4.